The largest absolute Gasteiger partial charge is 0.357 e. The predicted octanol–water partition coefficient (Wildman–Crippen LogP) is 2.31. The van der Waals surface area contributed by atoms with Crippen LogP contribution in [0.15, 0.2) is 48.5 Å². The van der Waals surface area contributed by atoms with Crippen LogP contribution in [0.1, 0.15) is 36.0 Å². The average Bonchev–Trinajstić information content (AvgIpc) is 2.74. The number of hydrogen-bond acceptors (Lipinski definition) is 4. The van der Waals surface area contributed by atoms with Gasteiger partial charge in [0.25, 0.3) is 0 Å². The van der Waals surface area contributed by atoms with Gasteiger partial charge in [-0.05, 0) is 48.1 Å². The number of carbonyl (C=O) groups is 2. The standard InChI is InChI=1S/C22H27N3O5S/c1-23-22(27)20-14-17-11-12-19(24-31(28,29)30)13-18(17)15-25(20)21(26)10-6-5-9-16-7-3-2-4-8-16/h2-4,7-8,11-13,20,24H,5-6,9-10,14-15H2,1H3,(H,23,27)(H,28,29,30). The number of aryl methyl sites for hydroxylation is 1. The van der Waals surface area contributed by atoms with Gasteiger partial charge in [0.1, 0.15) is 6.04 Å². The second-order valence-electron chi connectivity index (χ2n) is 7.61. The Morgan fingerprint density at radius 2 is 1.84 bits per heavy atom. The van der Waals surface area contributed by atoms with Crippen molar-refractivity contribution in [2.24, 2.45) is 0 Å². The zero-order valence-corrected chi connectivity index (χ0v) is 18.2. The summed E-state index contributed by atoms with van der Waals surface area (Å²) in [6, 6.07) is 14.3. The maximum Gasteiger partial charge on any atom is 0.357 e. The van der Waals surface area contributed by atoms with Crippen molar-refractivity contribution in [2.45, 2.75) is 44.7 Å². The highest BCUT2D eigenvalue weighted by Crippen LogP contribution is 2.27. The van der Waals surface area contributed by atoms with Gasteiger partial charge in [-0.3, -0.25) is 18.9 Å². The number of unbranched alkanes of at least 4 members (excludes halogenated alkanes) is 1. The Hall–Kier alpha value is -2.91. The maximum atomic E-state index is 13.0. The van der Waals surface area contributed by atoms with E-state index in [0.717, 1.165) is 24.0 Å². The first kappa shape index (κ1) is 22.8. The predicted molar refractivity (Wildman–Crippen MR) is 118 cm³/mol. The van der Waals surface area contributed by atoms with Crippen molar-refractivity contribution in [2.75, 3.05) is 11.8 Å². The van der Waals surface area contributed by atoms with Gasteiger partial charge in [-0.1, -0.05) is 36.4 Å². The van der Waals surface area contributed by atoms with Gasteiger partial charge in [0.05, 0.1) is 5.69 Å². The number of nitrogens with zero attached hydrogens (tertiary/aromatic N) is 1. The Kier molecular flexibility index (Phi) is 7.29. The van der Waals surface area contributed by atoms with Crippen molar-refractivity contribution in [3.63, 3.8) is 0 Å². The molecule has 2 amide bonds. The molecule has 0 bridgehead atoms. The molecule has 9 heteroatoms. The molecule has 1 unspecified atom stereocenters. The number of likely N-dealkylation sites (N-methyl/N-ethyl adjacent to an activating group) is 1. The van der Waals surface area contributed by atoms with E-state index in [-0.39, 0.29) is 24.0 Å². The summed E-state index contributed by atoms with van der Waals surface area (Å²) in [5.74, 6) is -0.344. The second kappa shape index (κ2) is 9.93. The van der Waals surface area contributed by atoms with Crippen LogP contribution in [0.5, 0.6) is 0 Å². The summed E-state index contributed by atoms with van der Waals surface area (Å²) in [5.41, 5.74) is 3.04. The van der Waals surface area contributed by atoms with E-state index in [0.29, 0.717) is 19.3 Å². The van der Waals surface area contributed by atoms with Gasteiger partial charge in [0.2, 0.25) is 11.8 Å². The molecule has 1 atom stereocenters. The molecule has 1 aliphatic heterocycles. The monoisotopic (exact) mass is 445 g/mol. The molecule has 0 radical (unpaired) electrons. The molecule has 166 valence electrons. The third-order valence-corrected chi connectivity index (χ3v) is 5.90. The molecule has 3 N–H and O–H groups in total. The number of amides is 2. The molecule has 0 saturated heterocycles. The number of carbonyl (C=O) groups excluding carboxylic acids is 2. The molecule has 0 saturated carbocycles. The summed E-state index contributed by atoms with van der Waals surface area (Å²) in [4.78, 5) is 26.9. The summed E-state index contributed by atoms with van der Waals surface area (Å²) in [7, 11) is -2.85. The Balaban J connectivity index is 1.69. The average molecular weight is 446 g/mol. The molecule has 1 heterocycles. The van der Waals surface area contributed by atoms with Crippen molar-refractivity contribution in [1.82, 2.24) is 10.2 Å². The fourth-order valence-corrected chi connectivity index (χ4v) is 4.28. The Morgan fingerprint density at radius 3 is 2.52 bits per heavy atom. The molecule has 2 aromatic carbocycles. The van der Waals surface area contributed by atoms with Crippen molar-refractivity contribution in [3.8, 4) is 0 Å². The van der Waals surface area contributed by atoms with Crippen LogP contribution in [-0.4, -0.2) is 42.8 Å². The van der Waals surface area contributed by atoms with Crippen LogP contribution in [0.2, 0.25) is 0 Å². The maximum absolute atomic E-state index is 13.0. The third kappa shape index (κ3) is 6.28. The summed E-state index contributed by atoms with van der Waals surface area (Å²) in [6.07, 6.45) is 3.14. The number of nitrogens with one attached hydrogen (secondary N) is 2. The quantitative estimate of drug-likeness (QED) is 0.426. The highest BCUT2D eigenvalue weighted by molar-refractivity contribution is 7.87. The first-order valence-corrected chi connectivity index (χ1v) is 11.6. The fourth-order valence-electron chi connectivity index (χ4n) is 3.85. The van der Waals surface area contributed by atoms with Crippen molar-refractivity contribution in [3.05, 3.63) is 65.2 Å². The van der Waals surface area contributed by atoms with Crippen LogP contribution >= 0.6 is 0 Å². The van der Waals surface area contributed by atoms with Gasteiger partial charge in [0.15, 0.2) is 0 Å². The van der Waals surface area contributed by atoms with Gasteiger partial charge in [0, 0.05) is 26.4 Å². The molecule has 0 fully saturated rings. The molecule has 1 aliphatic rings. The molecule has 8 nitrogen and oxygen atoms in total. The first-order chi connectivity index (χ1) is 14.8. The molecular formula is C22H27N3O5S. The van der Waals surface area contributed by atoms with Crippen LogP contribution in [-0.2, 0) is 39.3 Å². The number of anilines is 1. The van der Waals surface area contributed by atoms with Crippen LogP contribution in [0.25, 0.3) is 0 Å². The number of benzene rings is 2. The van der Waals surface area contributed by atoms with E-state index >= 15 is 0 Å². The summed E-state index contributed by atoms with van der Waals surface area (Å²) < 4.78 is 33.2. The van der Waals surface area contributed by atoms with Gasteiger partial charge in [-0.15, -0.1) is 0 Å². The molecule has 0 spiro atoms. The molecule has 0 aliphatic carbocycles. The molecule has 2 aromatic rings. The zero-order chi connectivity index (χ0) is 22.4. The topological polar surface area (TPSA) is 116 Å². The highest BCUT2D eigenvalue weighted by atomic mass is 32.2. The van der Waals surface area contributed by atoms with E-state index in [1.165, 1.54) is 11.6 Å². The minimum Gasteiger partial charge on any atom is -0.357 e. The Labute approximate surface area is 182 Å². The number of fused-ring (bicyclic) bond motifs is 1. The normalized spacial score (nSPS) is 15.8. The van der Waals surface area contributed by atoms with E-state index in [2.05, 4.69) is 17.4 Å². The van der Waals surface area contributed by atoms with E-state index in [9.17, 15) is 18.0 Å². The van der Waals surface area contributed by atoms with Gasteiger partial charge < -0.3 is 10.2 Å². The lowest BCUT2D eigenvalue weighted by molar-refractivity contribution is -0.141. The molecule has 31 heavy (non-hydrogen) atoms. The lowest BCUT2D eigenvalue weighted by Crippen LogP contribution is -2.51. The van der Waals surface area contributed by atoms with Gasteiger partial charge in [-0.2, -0.15) is 8.42 Å². The molecule has 3 rings (SSSR count). The van der Waals surface area contributed by atoms with Crippen LogP contribution in [0.4, 0.5) is 5.69 Å². The highest BCUT2D eigenvalue weighted by Gasteiger charge is 2.34. The lowest BCUT2D eigenvalue weighted by Gasteiger charge is -2.36. The third-order valence-electron chi connectivity index (χ3n) is 5.40. The molecule has 0 aromatic heterocycles. The SMILES string of the molecule is CNC(=O)C1Cc2ccc(NS(=O)(=O)O)cc2CN1C(=O)CCCCc1ccccc1. The van der Waals surface area contributed by atoms with Crippen molar-refractivity contribution >= 4 is 27.8 Å². The Bertz CT molecular complexity index is 1040. The van der Waals surface area contributed by atoms with Crippen LogP contribution < -0.4 is 10.0 Å². The Morgan fingerprint density at radius 1 is 1.10 bits per heavy atom. The zero-order valence-electron chi connectivity index (χ0n) is 17.4. The lowest BCUT2D eigenvalue weighted by atomic mass is 9.92. The van der Waals surface area contributed by atoms with Gasteiger partial charge >= 0.3 is 10.3 Å². The van der Waals surface area contributed by atoms with E-state index in [1.807, 2.05) is 22.9 Å². The number of hydrogen-bond donors (Lipinski definition) is 3. The number of rotatable bonds is 8. The van der Waals surface area contributed by atoms with Crippen LogP contribution in [0.3, 0.4) is 0 Å². The minimum atomic E-state index is -4.39. The smallest absolute Gasteiger partial charge is 0.357 e. The van der Waals surface area contributed by atoms with Gasteiger partial charge in [-0.25, -0.2) is 0 Å². The van der Waals surface area contributed by atoms with E-state index in [4.69, 9.17) is 4.55 Å². The summed E-state index contributed by atoms with van der Waals surface area (Å²) in [5, 5.41) is 2.62. The van der Waals surface area contributed by atoms with E-state index < -0.39 is 16.3 Å². The van der Waals surface area contributed by atoms with E-state index in [1.54, 1.807) is 24.1 Å². The van der Waals surface area contributed by atoms with Crippen molar-refractivity contribution < 1.29 is 22.6 Å². The summed E-state index contributed by atoms with van der Waals surface area (Å²) in [6.45, 7) is 0.200. The minimum absolute atomic E-state index is 0.111. The molecular weight excluding hydrogens is 418 g/mol. The fraction of sp³-hybridized carbons (Fsp3) is 0.364. The summed E-state index contributed by atoms with van der Waals surface area (Å²) >= 11 is 0. The second-order valence-corrected chi connectivity index (χ2v) is 8.76. The van der Waals surface area contributed by atoms with Crippen molar-refractivity contribution in [1.29, 1.82) is 0 Å². The first-order valence-electron chi connectivity index (χ1n) is 10.2. The van der Waals surface area contributed by atoms with Crippen LogP contribution in [0, 0.1) is 0 Å².